The van der Waals surface area contributed by atoms with E-state index < -0.39 is 0 Å². The number of hydrogen-bond donors (Lipinski definition) is 0. The Morgan fingerprint density at radius 3 is 2.67 bits per heavy atom. The summed E-state index contributed by atoms with van der Waals surface area (Å²) < 4.78 is 5.72. The second-order valence-electron chi connectivity index (χ2n) is 8.03. The maximum Gasteiger partial charge on any atom is 0.166 e. The molecule has 1 aliphatic heterocycles. The number of carbonyl (C=O) groups is 1. The molecule has 0 N–H and O–H groups in total. The van der Waals surface area contributed by atoms with Gasteiger partial charge in [0.25, 0.3) is 0 Å². The van der Waals surface area contributed by atoms with Crippen molar-refractivity contribution >= 4 is 5.78 Å². The molecule has 1 aromatic carbocycles. The van der Waals surface area contributed by atoms with Gasteiger partial charge in [0.15, 0.2) is 5.78 Å². The zero-order chi connectivity index (χ0) is 15.3. The molecule has 2 heteroatoms. The SMILES string of the molecule is CC1(C)COc2ccc(C(=O)C3CCCCC3(C)C)cc21. The molecule has 0 saturated heterocycles. The number of ketones is 1. The normalized spacial score (nSPS) is 26.0. The fraction of sp³-hybridized carbons (Fsp3) is 0.632. The standard InChI is InChI=1S/C19H26O2/c1-18(2)10-6-5-7-14(18)17(20)13-8-9-16-15(11-13)19(3,4)12-21-16/h8-9,11,14H,5-7,10,12H2,1-4H3. The molecule has 1 saturated carbocycles. The van der Waals surface area contributed by atoms with Crippen molar-refractivity contribution in [2.45, 2.75) is 58.8 Å². The van der Waals surface area contributed by atoms with E-state index in [2.05, 4.69) is 33.8 Å². The molecule has 3 rings (SSSR count). The molecule has 1 aromatic rings. The number of hydrogen-bond acceptors (Lipinski definition) is 2. The van der Waals surface area contributed by atoms with E-state index in [9.17, 15) is 4.79 Å². The highest BCUT2D eigenvalue weighted by molar-refractivity contribution is 5.98. The van der Waals surface area contributed by atoms with Crippen LogP contribution in [0, 0.1) is 11.3 Å². The quantitative estimate of drug-likeness (QED) is 0.733. The van der Waals surface area contributed by atoms with Crippen LogP contribution in [-0.4, -0.2) is 12.4 Å². The minimum Gasteiger partial charge on any atom is -0.492 e. The highest BCUT2D eigenvalue weighted by Crippen LogP contribution is 2.44. The van der Waals surface area contributed by atoms with Gasteiger partial charge in [-0.25, -0.2) is 0 Å². The van der Waals surface area contributed by atoms with Crippen LogP contribution in [0.2, 0.25) is 0 Å². The third-order valence-corrected chi connectivity index (χ3v) is 5.41. The van der Waals surface area contributed by atoms with Gasteiger partial charge in [0.1, 0.15) is 5.75 Å². The van der Waals surface area contributed by atoms with E-state index in [1.165, 1.54) is 18.4 Å². The lowest BCUT2D eigenvalue weighted by molar-refractivity contribution is 0.0697. The molecule has 1 heterocycles. The molecule has 1 aliphatic carbocycles. The number of benzene rings is 1. The van der Waals surface area contributed by atoms with Crippen molar-refractivity contribution in [1.82, 2.24) is 0 Å². The number of fused-ring (bicyclic) bond motifs is 1. The van der Waals surface area contributed by atoms with Gasteiger partial charge in [0.05, 0.1) is 6.61 Å². The van der Waals surface area contributed by atoms with Crippen LogP contribution in [0.1, 0.15) is 69.3 Å². The summed E-state index contributed by atoms with van der Waals surface area (Å²) in [7, 11) is 0. The van der Waals surface area contributed by atoms with Crippen LogP contribution in [0.15, 0.2) is 18.2 Å². The Balaban J connectivity index is 1.93. The van der Waals surface area contributed by atoms with Crippen molar-refractivity contribution in [1.29, 1.82) is 0 Å². The maximum atomic E-state index is 13.0. The van der Waals surface area contributed by atoms with Crippen LogP contribution < -0.4 is 4.74 Å². The van der Waals surface area contributed by atoms with Crippen LogP contribution >= 0.6 is 0 Å². The van der Waals surface area contributed by atoms with Crippen molar-refractivity contribution in [3.8, 4) is 5.75 Å². The third-order valence-electron chi connectivity index (χ3n) is 5.41. The molecular formula is C19H26O2. The minimum absolute atomic E-state index is 0.00764. The van der Waals surface area contributed by atoms with E-state index >= 15 is 0 Å². The number of Topliss-reactive ketones (excluding diaryl/α,β-unsaturated/α-hetero) is 1. The summed E-state index contributed by atoms with van der Waals surface area (Å²) in [5.74, 6) is 1.43. The third kappa shape index (κ3) is 2.49. The van der Waals surface area contributed by atoms with Crippen molar-refractivity contribution in [3.05, 3.63) is 29.3 Å². The molecule has 0 radical (unpaired) electrons. The lowest BCUT2D eigenvalue weighted by atomic mass is 9.66. The Kier molecular flexibility index (Phi) is 3.38. The molecule has 21 heavy (non-hydrogen) atoms. The second kappa shape index (κ2) is 4.86. The summed E-state index contributed by atoms with van der Waals surface area (Å²) >= 11 is 0. The van der Waals surface area contributed by atoms with Crippen molar-refractivity contribution in [2.24, 2.45) is 11.3 Å². The molecule has 0 aromatic heterocycles. The van der Waals surface area contributed by atoms with E-state index in [1.54, 1.807) is 0 Å². The number of rotatable bonds is 2. The Morgan fingerprint density at radius 1 is 1.19 bits per heavy atom. The van der Waals surface area contributed by atoms with Gasteiger partial charge in [0, 0.05) is 22.5 Å². The van der Waals surface area contributed by atoms with Crippen LogP contribution in [0.5, 0.6) is 5.75 Å². The summed E-state index contributed by atoms with van der Waals surface area (Å²) in [4.78, 5) is 13.0. The Morgan fingerprint density at radius 2 is 1.95 bits per heavy atom. The first-order chi connectivity index (χ1) is 9.81. The Bertz CT molecular complexity index is 569. The van der Waals surface area contributed by atoms with Crippen LogP contribution in [-0.2, 0) is 5.41 Å². The van der Waals surface area contributed by atoms with Gasteiger partial charge in [-0.2, -0.15) is 0 Å². The van der Waals surface area contributed by atoms with Crippen molar-refractivity contribution in [2.75, 3.05) is 6.61 Å². The average Bonchev–Trinajstić information content (AvgIpc) is 2.73. The summed E-state index contributed by atoms with van der Waals surface area (Å²) in [6.45, 7) is 9.55. The van der Waals surface area contributed by atoms with E-state index in [1.807, 2.05) is 12.1 Å². The summed E-state index contributed by atoms with van der Waals surface area (Å²) in [6.07, 6.45) is 4.62. The van der Waals surface area contributed by atoms with E-state index in [0.29, 0.717) is 12.4 Å². The number of ether oxygens (including phenoxy) is 1. The maximum absolute atomic E-state index is 13.0. The molecule has 2 nitrogen and oxygen atoms in total. The lowest BCUT2D eigenvalue weighted by Gasteiger charge is -2.37. The van der Waals surface area contributed by atoms with Crippen LogP contribution in [0.4, 0.5) is 0 Å². The molecule has 1 fully saturated rings. The first-order valence-corrected chi connectivity index (χ1v) is 8.13. The van der Waals surface area contributed by atoms with E-state index in [0.717, 1.165) is 24.2 Å². The second-order valence-corrected chi connectivity index (χ2v) is 8.03. The first-order valence-electron chi connectivity index (χ1n) is 8.13. The Labute approximate surface area is 127 Å². The summed E-state index contributed by atoms with van der Waals surface area (Å²) in [5, 5.41) is 0. The average molecular weight is 286 g/mol. The van der Waals surface area contributed by atoms with Gasteiger partial charge in [-0.05, 0) is 36.5 Å². The zero-order valence-corrected chi connectivity index (χ0v) is 13.7. The van der Waals surface area contributed by atoms with E-state index in [4.69, 9.17) is 4.74 Å². The zero-order valence-electron chi connectivity index (χ0n) is 13.7. The summed E-state index contributed by atoms with van der Waals surface area (Å²) in [5.41, 5.74) is 2.18. The molecule has 0 spiro atoms. The molecule has 1 unspecified atom stereocenters. The van der Waals surface area contributed by atoms with Gasteiger partial charge in [-0.15, -0.1) is 0 Å². The topological polar surface area (TPSA) is 26.3 Å². The van der Waals surface area contributed by atoms with Gasteiger partial charge < -0.3 is 4.74 Å². The first kappa shape index (κ1) is 14.6. The molecule has 1 atom stereocenters. The Hall–Kier alpha value is -1.31. The molecule has 2 aliphatic rings. The lowest BCUT2D eigenvalue weighted by Crippen LogP contribution is -2.34. The molecular weight excluding hydrogens is 260 g/mol. The monoisotopic (exact) mass is 286 g/mol. The van der Waals surface area contributed by atoms with Crippen molar-refractivity contribution < 1.29 is 9.53 Å². The molecule has 0 bridgehead atoms. The predicted octanol–water partition coefficient (Wildman–Crippen LogP) is 4.76. The molecule has 0 amide bonds. The van der Waals surface area contributed by atoms with Crippen molar-refractivity contribution in [3.63, 3.8) is 0 Å². The highest BCUT2D eigenvalue weighted by Gasteiger charge is 2.38. The van der Waals surface area contributed by atoms with E-state index in [-0.39, 0.29) is 16.7 Å². The molecule has 114 valence electrons. The van der Waals surface area contributed by atoms with Gasteiger partial charge in [-0.1, -0.05) is 40.5 Å². The number of carbonyl (C=O) groups excluding carboxylic acids is 1. The van der Waals surface area contributed by atoms with Gasteiger partial charge >= 0.3 is 0 Å². The van der Waals surface area contributed by atoms with Gasteiger partial charge in [-0.3, -0.25) is 4.79 Å². The smallest absolute Gasteiger partial charge is 0.166 e. The van der Waals surface area contributed by atoms with Gasteiger partial charge in [0.2, 0.25) is 0 Å². The minimum atomic E-state index is 0.00764. The predicted molar refractivity (Wildman–Crippen MR) is 85.0 cm³/mol. The highest BCUT2D eigenvalue weighted by atomic mass is 16.5. The van der Waals surface area contributed by atoms with Crippen LogP contribution in [0.3, 0.4) is 0 Å². The summed E-state index contributed by atoms with van der Waals surface area (Å²) in [6, 6.07) is 6.01. The van der Waals surface area contributed by atoms with Crippen LogP contribution in [0.25, 0.3) is 0 Å². The fourth-order valence-corrected chi connectivity index (χ4v) is 3.86. The fourth-order valence-electron chi connectivity index (χ4n) is 3.86. The largest absolute Gasteiger partial charge is 0.492 e.